The minimum atomic E-state index is -1.06. The number of nitrogens with zero attached hydrogens (tertiary/aromatic N) is 1. The molecule has 1 rings (SSSR count). The molecule has 0 unspecified atom stereocenters. The molecular formula is C9H12N2O4S. The number of aromatic nitrogens is 1. The van der Waals surface area contributed by atoms with Crippen LogP contribution in [0.15, 0.2) is 5.38 Å². The predicted octanol–water partition coefficient (Wildman–Crippen LogP) is 1.21. The van der Waals surface area contributed by atoms with E-state index in [4.69, 9.17) is 9.84 Å². The molecule has 1 aromatic heterocycles. The van der Waals surface area contributed by atoms with Gasteiger partial charge in [-0.1, -0.05) is 0 Å². The Kier molecular flexibility index (Phi) is 4.71. The summed E-state index contributed by atoms with van der Waals surface area (Å²) in [7, 11) is 0. The molecule has 2 N–H and O–H groups in total. The van der Waals surface area contributed by atoms with Crippen molar-refractivity contribution in [2.24, 2.45) is 0 Å². The Hall–Kier alpha value is -1.63. The second-order valence-electron chi connectivity index (χ2n) is 2.82. The van der Waals surface area contributed by atoms with E-state index in [9.17, 15) is 9.59 Å². The van der Waals surface area contributed by atoms with Crippen LogP contribution in [0.4, 0.5) is 5.13 Å². The van der Waals surface area contributed by atoms with Crippen LogP contribution < -0.4 is 5.32 Å². The van der Waals surface area contributed by atoms with Crippen LogP contribution in [0, 0.1) is 0 Å². The van der Waals surface area contributed by atoms with Crippen molar-refractivity contribution in [3.8, 4) is 0 Å². The molecule has 1 aromatic rings. The molecule has 0 radical (unpaired) electrons. The van der Waals surface area contributed by atoms with E-state index >= 15 is 0 Å². The summed E-state index contributed by atoms with van der Waals surface area (Å²) in [5.74, 6) is -1.35. The van der Waals surface area contributed by atoms with Crippen molar-refractivity contribution in [2.45, 2.75) is 13.3 Å². The van der Waals surface area contributed by atoms with Gasteiger partial charge in [-0.3, -0.25) is 4.79 Å². The number of carbonyl (C=O) groups excluding carboxylic acids is 1. The van der Waals surface area contributed by atoms with Gasteiger partial charge in [-0.15, -0.1) is 11.3 Å². The number of rotatable bonds is 6. The highest BCUT2D eigenvalue weighted by Gasteiger charge is 2.08. The quantitative estimate of drug-likeness (QED) is 0.731. The summed E-state index contributed by atoms with van der Waals surface area (Å²) in [5, 5.41) is 13.4. The predicted molar refractivity (Wildman–Crippen MR) is 58.8 cm³/mol. The number of hydrogen-bond donors (Lipinski definition) is 2. The highest BCUT2D eigenvalue weighted by atomic mass is 32.1. The van der Waals surface area contributed by atoms with Crippen LogP contribution in [0.1, 0.15) is 23.8 Å². The van der Waals surface area contributed by atoms with Crippen LogP contribution in [-0.4, -0.2) is 35.2 Å². The fraction of sp³-hybridized carbons (Fsp3) is 0.444. The van der Waals surface area contributed by atoms with Crippen LogP contribution in [0.5, 0.6) is 0 Å². The molecule has 0 aromatic carbocycles. The molecule has 0 saturated carbocycles. The zero-order valence-corrected chi connectivity index (χ0v) is 9.54. The summed E-state index contributed by atoms with van der Waals surface area (Å²) in [6.07, 6.45) is 0.232. The van der Waals surface area contributed by atoms with Gasteiger partial charge in [0.25, 0.3) is 0 Å². The van der Waals surface area contributed by atoms with Crippen LogP contribution in [0.2, 0.25) is 0 Å². The Balaban J connectivity index is 2.32. The maximum Gasteiger partial charge on any atom is 0.355 e. The van der Waals surface area contributed by atoms with Gasteiger partial charge in [0.15, 0.2) is 10.8 Å². The van der Waals surface area contributed by atoms with E-state index < -0.39 is 5.97 Å². The summed E-state index contributed by atoms with van der Waals surface area (Å²) < 4.78 is 4.73. The first-order valence-electron chi connectivity index (χ1n) is 4.71. The summed E-state index contributed by atoms with van der Waals surface area (Å²) in [6.45, 7) is 2.48. The van der Waals surface area contributed by atoms with Gasteiger partial charge in [-0.25, -0.2) is 9.78 Å². The highest BCUT2D eigenvalue weighted by Crippen LogP contribution is 2.14. The number of thiazole rings is 1. The molecule has 16 heavy (non-hydrogen) atoms. The number of esters is 1. The van der Waals surface area contributed by atoms with E-state index in [1.54, 1.807) is 6.92 Å². The maximum absolute atomic E-state index is 11.0. The Morgan fingerprint density at radius 3 is 2.94 bits per heavy atom. The van der Waals surface area contributed by atoms with Crippen molar-refractivity contribution < 1.29 is 19.4 Å². The number of ether oxygens (including phenoxy) is 1. The molecule has 88 valence electrons. The smallest absolute Gasteiger partial charge is 0.355 e. The van der Waals surface area contributed by atoms with Crippen molar-refractivity contribution in [2.75, 3.05) is 18.5 Å². The Bertz CT molecular complexity index is 377. The van der Waals surface area contributed by atoms with Gasteiger partial charge < -0.3 is 15.2 Å². The molecule has 0 saturated heterocycles. The van der Waals surface area contributed by atoms with Crippen LogP contribution in [0.25, 0.3) is 0 Å². The van der Waals surface area contributed by atoms with E-state index in [1.165, 1.54) is 16.7 Å². The average molecular weight is 244 g/mol. The number of carbonyl (C=O) groups is 2. The van der Waals surface area contributed by atoms with Gasteiger partial charge in [0.05, 0.1) is 13.0 Å². The number of anilines is 1. The summed E-state index contributed by atoms with van der Waals surface area (Å²) >= 11 is 1.19. The third-order valence-corrected chi connectivity index (χ3v) is 2.43. The minimum absolute atomic E-state index is 0.00337. The molecule has 6 nitrogen and oxygen atoms in total. The average Bonchev–Trinajstić information content (AvgIpc) is 2.67. The monoisotopic (exact) mass is 244 g/mol. The van der Waals surface area contributed by atoms with Gasteiger partial charge in [-0.2, -0.15) is 0 Å². The number of aromatic carboxylic acids is 1. The first-order valence-corrected chi connectivity index (χ1v) is 5.59. The van der Waals surface area contributed by atoms with Crippen LogP contribution in [0.3, 0.4) is 0 Å². The van der Waals surface area contributed by atoms with E-state index in [0.717, 1.165) is 0 Å². The molecule has 0 amide bonds. The molecule has 0 aliphatic heterocycles. The van der Waals surface area contributed by atoms with Crippen molar-refractivity contribution in [1.29, 1.82) is 0 Å². The molecule has 0 aliphatic carbocycles. The number of hydrogen-bond acceptors (Lipinski definition) is 6. The zero-order chi connectivity index (χ0) is 12.0. The largest absolute Gasteiger partial charge is 0.476 e. The van der Waals surface area contributed by atoms with Crippen molar-refractivity contribution in [1.82, 2.24) is 4.98 Å². The first kappa shape index (κ1) is 12.4. The second-order valence-corrected chi connectivity index (χ2v) is 3.68. The fourth-order valence-electron chi connectivity index (χ4n) is 0.958. The van der Waals surface area contributed by atoms with Crippen molar-refractivity contribution in [3.05, 3.63) is 11.1 Å². The van der Waals surface area contributed by atoms with Crippen molar-refractivity contribution in [3.63, 3.8) is 0 Å². The minimum Gasteiger partial charge on any atom is -0.476 e. The molecule has 1 heterocycles. The molecular weight excluding hydrogens is 232 g/mol. The lowest BCUT2D eigenvalue weighted by atomic mass is 10.4. The lowest BCUT2D eigenvalue weighted by Gasteiger charge is -2.02. The third kappa shape index (κ3) is 3.85. The lowest BCUT2D eigenvalue weighted by molar-refractivity contribution is -0.142. The molecule has 0 fully saturated rings. The first-order chi connectivity index (χ1) is 7.63. The van der Waals surface area contributed by atoms with Crippen LogP contribution >= 0.6 is 11.3 Å². The third-order valence-electron chi connectivity index (χ3n) is 1.63. The summed E-state index contributed by atoms with van der Waals surface area (Å²) in [6, 6.07) is 0. The lowest BCUT2D eigenvalue weighted by Crippen LogP contribution is -2.11. The molecule has 0 spiro atoms. The van der Waals surface area contributed by atoms with E-state index in [2.05, 4.69) is 10.3 Å². The molecule has 0 atom stereocenters. The van der Waals surface area contributed by atoms with Gasteiger partial charge in [0.2, 0.25) is 0 Å². The van der Waals surface area contributed by atoms with E-state index in [0.29, 0.717) is 18.3 Å². The number of nitrogens with one attached hydrogen (secondary N) is 1. The Labute approximate surface area is 96.3 Å². The normalized spacial score (nSPS) is 9.81. The van der Waals surface area contributed by atoms with Gasteiger partial charge in [-0.05, 0) is 6.92 Å². The molecule has 7 heteroatoms. The van der Waals surface area contributed by atoms with Gasteiger partial charge in [0.1, 0.15) is 0 Å². The maximum atomic E-state index is 11.0. The molecule has 0 aliphatic rings. The zero-order valence-electron chi connectivity index (χ0n) is 8.73. The van der Waals surface area contributed by atoms with Crippen LogP contribution in [-0.2, 0) is 9.53 Å². The topological polar surface area (TPSA) is 88.5 Å². The molecule has 0 bridgehead atoms. The Morgan fingerprint density at radius 1 is 1.62 bits per heavy atom. The summed E-state index contributed by atoms with van der Waals surface area (Å²) in [4.78, 5) is 25.3. The highest BCUT2D eigenvalue weighted by molar-refractivity contribution is 7.13. The summed E-state index contributed by atoms with van der Waals surface area (Å²) in [5.41, 5.74) is 0.00337. The standard InChI is InChI=1S/C9H12N2O4S/c1-2-15-7(12)3-4-10-9-11-6(5-16-9)8(13)14/h5H,2-4H2,1H3,(H,10,11)(H,13,14). The van der Waals surface area contributed by atoms with Gasteiger partial charge >= 0.3 is 11.9 Å². The SMILES string of the molecule is CCOC(=O)CCNc1nc(C(=O)O)cs1. The number of carboxylic acids is 1. The number of carboxylic acid groups (broad SMARTS) is 1. The Morgan fingerprint density at radius 2 is 2.38 bits per heavy atom. The van der Waals surface area contributed by atoms with Gasteiger partial charge in [0, 0.05) is 11.9 Å². The van der Waals surface area contributed by atoms with E-state index in [-0.39, 0.29) is 18.1 Å². The van der Waals surface area contributed by atoms with E-state index in [1.807, 2.05) is 0 Å². The second kappa shape index (κ2) is 6.06. The fourth-order valence-corrected chi connectivity index (χ4v) is 1.67. The van der Waals surface area contributed by atoms with Crippen molar-refractivity contribution >= 4 is 28.4 Å².